The van der Waals surface area contributed by atoms with Crippen molar-refractivity contribution in [2.24, 2.45) is 5.41 Å². The minimum Gasteiger partial charge on any atom is -0.493 e. The number of fused-ring (bicyclic) bond motifs is 6. The number of carbonyl (C=O) groups is 2. The van der Waals surface area contributed by atoms with Gasteiger partial charge in [-0.1, -0.05) is 26.7 Å². The van der Waals surface area contributed by atoms with Crippen LogP contribution >= 0.6 is 0 Å². The molecule has 0 saturated heterocycles. The summed E-state index contributed by atoms with van der Waals surface area (Å²) in [4.78, 5) is 37.4. The molecule has 0 unspecified atom stereocenters. The molecule has 1 fully saturated rings. The molecule has 0 bridgehead atoms. The fraction of sp³-hybridized carbons (Fsp3) is 0.606. The molecule has 4 rings (SSSR count). The van der Waals surface area contributed by atoms with Gasteiger partial charge in [0.05, 0.1) is 26.0 Å². The van der Waals surface area contributed by atoms with E-state index in [1.54, 1.807) is 26.3 Å². The normalized spacial score (nSPS) is 18.4. The highest BCUT2D eigenvalue weighted by molar-refractivity contribution is 5.89. The number of rotatable bonds is 11. The van der Waals surface area contributed by atoms with Crippen molar-refractivity contribution >= 4 is 12.1 Å². The predicted molar refractivity (Wildman–Crippen MR) is 164 cm³/mol. The van der Waals surface area contributed by atoms with E-state index in [0.29, 0.717) is 24.7 Å². The molecular weight excluding hydrogens is 536 g/mol. The average Bonchev–Trinajstić information content (AvgIpc) is 3.23. The SMILES string of the molecule is CCOC(=O)c1cn2c(cc1=O)-c1cc(OC)c(OCCCCCCNC(=O)OC(C)(C)C)cc1[C@H]1CCC(C)(C)[C@H]12.[HH]. The van der Waals surface area contributed by atoms with Crippen molar-refractivity contribution in [3.8, 4) is 22.8 Å². The Hall–Kier alpha value is -3.49. The first-order chi connectivity index (χ1) is 19.9. The Labute approximate surface area is 250 Å². The fourth-order valence-corrected chi connectivity index (χ4v) is 6.28. The van der Waals surface area contributed by atoms with Gasteiger partial charge in [-0.25, -0.2) is 9.59 Å². The van der Waals surface area contributed by atoms with Gasteiger partial charge in [0.1, 0.15) is 11.2 Å². The van der Waals surface area contributed by atoms with Crippen molar-refractivity contribution in [2.75, 3.05) is 26.9 Å². The summed E-state index contributed by atoms with van der Waals surface area (Å²) in [6.07, 6.45) is 7.02. The topological polar surface area (TPSA) is 105 Å². The number of nitrogens with one attached hydrogen (secondary N) is 1. The maximum absolute atomic E-state index is 13.1. The Bertz CT molecular complexity index is 1360. The third kappa shape index (κ3) is 6.93. The zero-order chi connectivity index (χ0) is 30.7. The fourth-order valence-electron chi connectivity index (χ4n) is 6.28. The number of hydrogen-bond acceptors (Lipinski definition) is 7. The smallest absolute Gasteiger partial charge is 0.407 e. The second-order valence-corrected chi connectivity index (χ2v) is 12.9. The zero-order valence-corrected chi connectivity index (χ0v) is 26.1. The van der Waals surface area contributed by atoms with E-state index in [0.717, 1.165) is 55.3 Å². The van der Waals surface area contributed by atoms with Crippen LogP contribution in [0.1, 0.15) is 109 Å². The molecule has 232 valence electrons. The molecule has 2 heterocycles. The van der Waals surface area contributed by atoms with Gasteiger partial charge < -0.3 is 28.8 Å². The Kier molecular flexibility index (Phi) is 9.58. The van der Waals surface area contributed by atoms with Crippen LogP contribution in [-0.2, 0) is 9.47 Å². The summed E-state index contributed by atoms with van der Waals surface area (Å²) in [5, 5.41) is 2.80. The first-order valence-electron chi connectivity index (χ1n) is 15.1. The Morgan fingerprint density at radius 1 is 1.10 bits per heavy atom. The van der Waals surface area contributed by atoms with Crippen molar-refractivity contribution in [2.45, 2.75) is 97.6 Å². The molecule has 1 aromatic carbocycles. The summed E-state index contributed by atoms with van der Waals surface area (Å²) in [6.45, 7) is 13.1. The van der Waals surface area contributed by atoms with Gasteiger partial charge in [-0.05, 0) is 76.5 Å². The first kappa shape index (κ1) is 31.4. The van der Waals surface area contributed by atoms with E-state index in [2.05, 4.69) is 29.8 Å². The van der Waals surface area contributed by atoms with Crippen molar-refractivity contribution in [1.82, 2.24) is 9.88 Å². The summed E-state index contributed by atoms with van der Waals surface area (Å²) in [6, 6.07) is 5.70. The van der Waals surface area contributed by atoms with E-state index in [-0.39, 0.29) is 42.5 Å². The number of hydrogen-bond donors (Lipinski definition) is 1. The van der Waals surface area contributed by atoms with Crippen LogP contribution in [0.4, 0.5) is 4.79 Å². The molecule has 9 nitrogen and oxygen atoms in total. The third-order valence-electron chi connectivity index (χ3n) is 8.16. The number of alkyl carbamates (subject to hydrolysis) is 1. The number of carbonyl (C=O) groups excluding carboxylic acids is 2. The summed E-state index contributed by atoms with van der Waals surface area (Å²) < 4.78 is 24.5. The van der Waals surface area contributed by atoms with E-state index >= 15 is 0 Å². The highest BCUT2D eigenvalue weighted by atomic mass is 16.6. The Morgan fingerprint density at radius 3 is 2.52 bits per heavy atom. The van der Waals surface area contributed by atoms with Crippen LogP contribution in [0.15, 0.2) is 29.2 Å². The summed E-state index contributed by atoms with van der Waals surface area (Å²) in [7, 11) is 1.62. The molecule has 1 aliphatic carbocycles. The van der Waals surface area contributed by atoms with E-state index in [9.17, 15) is 14.4 Å². The molecular formula is C33H48N2O7. The van der Waals surface area contributed by atoms with E-state index < -0.39 is 11.6 Å². The van der Waals surface area contributed by atoms with Crippen LogP contribution in [-0.4, -0.2) is 49.1 Å². The summed E-state index contributed by atoms with van der Waals surface area (Å²) in [5.74, 6) is 0.937. The lowest BCUT2D eigenvalue weighted by Gasteiger charge is -2.40. The van der Waals surface area contributed by atoms with Crippen LogP contribution in [0.25, 0.3) is 11.3 Å². The van der Waals surface area contributed by atoms with Gasteiger partial charge in [0.25, 0.3) is 0 Å². The molecule has 42 heavy (non-hydrogen) atoms. The molecule has 1 N–H and O–H groups in total. The standard InChI is InChI=1S/C33H46N2O7.H2/c1-8-40-30(37)24-20-35-25(19-26(24)36)23-18-27(39-7)28(17-22(23)21-13-14-33(5,6)29(21)35)41-16-12-10-9-11-15-34-31(38)42-32(2,3)4;/h17-21,29H,8-16H2,1-7H3,(H,34,38);1H/t21-,29+;/m1./s1. The van der Waals surface area contributed by atoms with Crippen LogP contribution in [0, 0.1) is 5.41 Å². The van der Waals surface area contributed by atoms with Crippen LogP contribution in [0.2, 0.25) is 0 Å². The van der Waals surface area contributed by atoms with Crippen LogP contribution in [0.3, 0.4) is 0 Å². The first-order valence-corrected chi connectivity index (χ1v) is 15.1. The quantitative estimate of drug-likeness (QED) is 0.227. The maximum atomic E-state index is 13.1. The molecule has 1 saturated carbocycles. The molecule has 2 atom stereocenters. The van der Waals surface area contributed by atoms with Crippen LogP contribution in [0.5, 0.6) is 11.5 Å². The summed E-state index contributed by atoms with van der Waals surface area (Å²) >= 11 is 0. The molecule has 1 amide bonds. The van der Waals surface area contributed by atoms with Gasteiger partial charge in [0.2, 0.25) is 0 Å². The van der Waals surface area contributed by atoms with E-state index in [4.69, 9.17) is 18.9 Å². The Balaban J connectivity index is 0.00000506. The minimum absolute atomic E-state index is 0. The number of nitrogens with zero attached hydrogens (tertiary/aromatic N) is 1. The third-order valence-corrected chi connectivity index (χ3v) is 8.16. The Morgan fingerprint density at radius 2 is 1.83 bits per heavy atom. The van der Waals surface area contributed by atoms with E-state index in [1.165, 1.54) is 0 Å². The second kappa shape index (κ2) is 12.8. The number of pyridine rings is 1. The monoisotopic (exact) mass is 584 g/mol. The van der Waals surface area contributed by atoms with Gasteiger partial charge >= 0.3 is 12.1 Å². The molecule has 0 radical (unpaired) electrons. The van der Waals surface area contributed by atoms with Crippen molar-refractivity contribution in [3.63, 3.8) is 0 Å². The zero-order valence-electron chi connectivity index (χ0n) is 26.1. The molecule has 2 aromatic rings. The predicted octanol–water partition coefficient (Wildman–Crippen LogP) is 6.87. The van der Waals surface area contributed by atoms with Crippen molar-refractivity contribution in [1.29, 1.82) is 0 Å². The number of ether oxygens (including phenoxy) is 4. The molecule has 1 aromatic heterocycles. The molecule has 1 aliphatic heterocycles. The lowest BCUT2D eigenvalue weighted by Crippen LogP contribution is -2.32. The lowest BCUT2D eigenvalue weighted by atomic mass is 9.77. The van der Waals surface area contributed by atoms with Gasteiger partial charge in [0.15, 0.2) is 16.9 Å². The van der Waals surface area contributed by atoms with Gasteiger partial charge in [-0.15, -0.1) is 0 Å². The van der Waals surface area contributed by atoms with Crippen molar-refractivity contribution in [3.05, 3.63) is 45.7 Å². The number of unbranched alkanes of at least 4 members (excludes halogenated alkanes) is 3. The number of esters is 1. The second-order valence-electron chi connectivity index (χ2n) is 12.9. The number of amides is 1. The van der Waals surface area contributed by atoms with E-state index in [1.807, 2.05) is 26.8 Å². The summed E-state index contributed by atoms with van der Waals surface area (Å²) in [5.41, 5.74) is 2.06. The van der Waals surface area contributed by atoms with Crippen molar-refractivity contribution < 1.29 is 30.0 Å². The highest BCUT2D eigenvalue weighted by Crippen LogP contribution is 2.59. The molecule has 9 heteroatoms. The minimum atomic E-state index is -0.586. The average molecular weight is 585 g/mol. The maximum Gasteiger partial charge on any atom is 0.407 e. The number of methoxy groups -OCH3 is 1. The lowest BCUT2D eigenvalue weighted by molar-refractivity contribution is 0.0514. The number of aromatic nitrogens is 1. The molecule has 2 aliphatic rings. The number of benzene rings is 1. The van der Waals surface area contributed by atoms with Gasteiger partial charge in [0, 0.05) is 37.8 Å². The highest BCUT2D eigenvalue weighted by Gasteiger charge is 2.48. The van der Waals surface area contributed by atoms with Gasteiger partial charge in [-0.2, -0.15) is 0 Å². The molecule has 0 spiro atoms. The largest absolute Gasteiger partial charge is 0.493 e. The van der Waals surface area contributed by atoms with Gasteiger partial charge in [-0.3, -0.25) is 4.79 Å². The van der Waals surface area contributed by atoms with Crippen LogP contribution < -0.4 is 20.2 Å².